The van der Waals surface area contributed by atoms with E-state index in [2.05, 4.69) is 26.5 Å². The smallest absolute Gasteiger partial charge is 0.433 e. The first kappa shape index (κ1) is 14.7. The lowest BCUT2D eigenvalue weighted by atomic mass is 10.2. The van der Waals surface area contributed by atoms with E-state index in [-0.39, 0.29) is 17.1 Å². The number of nitro groups is 1. The lowest BCUT2D eigenvalue weighted by molar-refractivity contribution is -0.402. The highest BCUT2D eigenvalue weighted by molar-refractivity contribution is 9.10. The Balaban J connectivity index is 2.04. The number of halogens is 1. The topological polar surface area (TPSA) is 118 Å². The fourth-order valence-corrected chi connectivity index (χ4v) is 1.78. The minimum atomic E-state index is -0.685. The van der Waals surface area contributed by atoms with Crippen LogP contribution < -0.4 is 5.43 Å². The second-order valence-electron chi connectivity index (χ2n) is 3.79. The van der Waals surface area contributed by atoms with Crippen molar-refractivity contribution in [2.75, 3.05) is 0 Å². The Bertz CT molecular complexity index is 725. The maximum Gasteiger partial charge on any atom is 0.433 e. The van der Waals surface area contributed by atoms with Crippen LogP contribution in [0.4, 0.5) is 5.88 Å². The van der Waals surface area contributed by atoms with Gasteiger partial charge in [0.1, 0.15) is 10.7 Å². The highest BCUT2D eigenvalue weighted by Crippen LogP contribution is 2.21. The molecular weight excluding hydrogens is 346 g/mol. The number of carbonyl (C=O) groups is 1. The maximum absolute atomic E-state index is 11.8. The average molecular weight is 354 g/mol. The van der Waals surface area contributed by atoms with E-state index in [9.17, 15) is 20.0 Å². The molecule has 0 aliphatic rings. The quantitative estimate of drug-likeness (QED) is 0.497. The molecule has 0 saturated heterocycles. The lowest BCUT2D eigenvalue weighted by Crippen LogP contribution is -2.17. The highest BCUT2D eigenvalue weighted by atomic mass is 79.9. The standard InChI is InChI=1S/C12H8BrN3O5/c13-7-1-3-10(17)9(5-7)12(18)15-14-6-8-2-4-11(21-8)16(19)20/h1-6,17H,(H,15,18). The van der Waals surface area contributed by atoms with Crippen LogP contribution >= 0.6 is 15.9 Å². The molecule has 0 aliphatic carbocycles. The summed E-state index contributed by atoms with van der Waals surface area (Å²) in [5.41, 5.74) is 2.21. The Labute approximate surface area is 126 Å². The van der Waals surface area contributed by atoms with E-state index in [4.69, 9.17) is 4.42 Å². The highest BCUT2D eigenvalue weighted by Gasteiger charge is 2.12. The molecule has 9 heteroatoms. The lowest BCUT2D eigenvalue weighted by Gasteiger charge is -2.02. The molecule has 8 nitrogen and oxygen atoms in total. The van der Waals surface area contributed by atoms with Crippen LogP contribution in [0, 0.1) is 10.1 Å². The van der Waals surface area contributed by atoms with Gasteiger partial charge in [0.25, 0.3) is 5.91 Å². The van der Waals surface area contributed by atoms with Crippen molar-refractivity contribution >= 4 is 33.9 Å². The minimum Gasteiger partial charge on any atom is -0.507 e. The molecule has 0 aliphatic heterocycles. The number of hydrazone groups is 1. The summed E-state index contributed by atoms with van der Waals surface area (Å²) in [6.07, 6.45) is 1.11. The molecule has 1 aromatic heterocycles. The number of phenolic OH excluding ortho intramolecular Hbond substituents is 1. The Morgan fingerprint density at radius 2 is 2.19 bits per heavy atom. The van der Waals surface area contributed by atoms with E-state index >= 15 is 0 Å². The van der Waals surface area contributed by atoms with Crippen molar-refractivity contribution in [3.8, 4) is 5.75 Å². The number of rotatable bonds is 4. The van der Waals surface area contributed by atoms with Gasteiger partial charge in [-0.2, -0.15) is 5.10 Å². The summed E-state index contributed by atoms with van der Waals surface area (Å²) in [6.45, 7) is 0. The van der Waals surface area contributed by atoms with Gasteiger partial charge in [0.05, 0.1) is 17.8 Å². The van der Waals surface area contributed by atoms with Crippen molar-refractivity contribution in [1.29, 1.82) is 0 Å². The summed E-state index contributed by atoms with van der Waals surface area (Å²) in [5, 5.41) is 23.6. The molecule has 2 N–H and O–H groups in total. The van der Waals surface area contributed by atoms with Gasteiger partial charge >= 0.3 is 5.88 Å². The van der Waals surface area contributed by atoms with Gasteiger partial charge in [-0.15, -0.1) is 0 Å². The van der Waals surface area contributed by atoms with E-state index in [1.165, 1.54) is 24.3 Å². The molecule has 0 bridgehead atoms. The fourth-order valence-electron chi connectivity index (χ4n) is 1.41. The van der Waals surface area contributed by atoms with Gasteiger partial charge in [-0.3, -0.25) is 14.9 Å². The summed E-state index contributed by atoms with van der Waals surface area (Å²) >= 11 is 3.18. The molecule has 0 radical (unpaired) electrons. The van der Waals surface area contributed by atoms with Gasteiger partial charge in [0.2, 0.25) is 0 Å². The molecule has 108 valence electrons. The van der Waals surface area contributed by atoms with Crippen molar-refractivity contribution in [3.63, 3.8) is 0 Å². The van der Waals surface area contributed by atoms with Crippen LogP contribution in [0.1, 0.15) is 16.1 Å². The molecule has 1 aromatic carbocycles. The predicted octanol–water partition coefficient (Wildman–Crippen LogP) is 2.42. The zero-order valence-electron chi connectivity index (χ0n) is 10.3. The third kappa shape index (κ3) is 3.66. The first-order valence-corrected chi connectivity index (χ1v) is 6.33. The number of aromatic hydroxyl groups is 1. The third-order valence-corrected chi connectivity index (χ3v) is 2.85. The molecule has 1 heterocycles. The Kier molecular flexibility index (Phi) is 4.33. The number of hydrogen-bond donors (Lipinski definition) is 2. The van der Waals surface area contributed by atoms with E-state index in [1.807, 2.05) is 0 Å². The van der Waals surface area contributed by atoms with E-state index in [0.29, 0.717) is 4.47 Å². The zero-order chi connectivity index (χ0) is 15.4. The van der Waals surface area contributed by atoms with Crippen molar-refractivity contribution in [3.05, 3.63) is 56.2 Å². The van der Waals surface area contributed by atoms with Gasteiger partial charge in [-0.25, -0.2) is 5.43 Å². The van der Waals surface area contributed by atoms with Crippen molar-refractivity contribution < 1.29 is 19.2 Å². The van der Waals surface area contributed by atoms with Gasteiger partial charge in [-0.05, 0) is 24.3 Å². The maximum atomic E-state index is 11.8. The van der Waals surface area contributed by atoms with E-state index in [0.717, 1.165) is 6.21 Å². The molecule has 0 fully saturated rings. The monoisotopic (exact) mass is 353 g/mol. The van der Waals surface area contributed by atoms with Crippen LogP contribution in [0.5, 0.6) is 5.75 Å². The van der Waals surface area contributed by atoms with Crippen molar-refractivity contribution in [1.82, 2.24) is 5.43 Å². The number of amides is 1. The molecule has 2 rings (SSSR count). The van der Waals surface area contributed by atoms with Crippen LogP contribution in [0.15, 0.2) is 44.3 Å². The zero-order valence-corrected chi connectivity index (χ0v) is 11.9. The minimum absolute atomic E-state index is 0.0342. The Hall–Kier alpha value is -2.68. The summed E-state index contributed by atoms with van der Waals surface area (Å²) < 4.78 is 5.44. The molecule has 0 unspecified atom stereocenters. The predicted molar refractivity (Wildman–Crippen MR) is 76.2 cm³/mol. The van der Waals surface area contributed by atoms with Crippen molar-refractivity contribution in [2.24, 2.45) is 5.10 Å². The molecular formula is C12H8BrN3O5. The van der Waals surface area contributed by atoms with Gasteiger partial charge in [-0.1, -0.05) is 15.9 Å². The second kappa shape index (κ2) is 6.18. The Morgan fingerprint density at radius 3 is 2.86 bits per heavy atom. The summed E-state index contributed by atoms with van der Waals surface area (Å²) in [6, 6.07) is 6.88. The van der Waals surface area contributed by atoms with Crippen LogP contribution in [0.3, 0.4) is 0 Å². The number of hydrogen-bond acceptors (Lipinski definition) is 6. The van der Waals surface area contributed by atoms with Gasteiger partial charge < -0.3 is 9.52 Å². The van der Waals surface area contributed by atoms with Crippen molar-refractivity contribution in [2.45, 2.75) is 0 Å². The molecule has 0 saturated carbocycles. The normalized spacial score (nSPS) is 10.7. The van der Waals surface area contributed by atoms with E-state index < -0.39 is 16.7 Å². The molecule has 21 heavy (non-hydrogen) atoms. The number of furan rings is 1. The van der Waals surface area contributed by atoms with Gasteiger partial charge in [0.15, 0.2) is 5.76 Å². The number of phenols is 1. The molecule has 1 amide bonds. The largest absolute Gasteiger partial charge is 0.507 e. The summed E-state index contributed by atoms with van der Waals surface area (Å²) in [4.78, 5) is 21.5. The molecule has 0 spiro atoms. The number of nitrogens with zero attached hydrogens (tertiary/aromatic N) is 2. The fraction of sp³-hybridized carbons (Fsp3) is 0. The van der Waals surface area contributed by atoms with Gasteiger partial charge in [0, 0.05) is 4.47 Å². The number of benzene rings is 1. The van der Waals surface area contributed by atoms with Crippen LogP contribution in [-0.2, 0) is 0 Å². The average Bonchev–Trinajstić information content (AvgIpc) is 2.90. The third-order valence-electron chi connectivity index (χ3n) is 2.35. The van der Waals surface area contributed by atoms with Crippen LogP contribution in [0.2, 0.25) is 0 Å². The van der Waals surface area contributed by atoms with Crippen LogP contribution in [0.25, 0.3) is 0 Å². The summed E-state index contributed by atoms with van der Waals surface area (Å²) in [5.74, 6) is -1.14. The first-order valence-electron chi connectivity index (χ1n) is 5.53. The second-order valence-corrected chi connectivity index (χ2v) is 4.71. The van der Waals surface area contributed by atoms with Crippen LogP contribution in [-0.4, -0.2) is 22.2 Å². The molecule has 2 aromatic rings. The molecule has 0 atom stereocenters. The van der Waals surface area contributed by atoms with E-state index in [1.54, 1.807) is 6.07 Å². The Morgan fingerprint density at radius 1 is 1.43 bits per heavy atom. The number of carbonyl (C=O) groups excluding carboxylic acids is 1. The summed E-state index contributed by atoms with van der Waals surface area (Å²) in [7, 11) is 0. The SMILES string of the molecule is O=C(NN=Cc1ccc([N+](=O)[O-])o1)c1cc(Br)ccc1O. The number of nitrogens with one attached hydrogen (secondary N) is 1. The first-order chi connectivity index (χ1) is 9.97.